The Balaban J connectivity index is 1.05. The Labute approximate surface area is 222 Å². The van der Waals surface area contributed by atoms with Gasteiger partial charge in [-0.3, -0.25) is 23.0 Å². The fourth-order valence-electron chi connectivity index (χ4n) is 4.64. The Morgan fingerprint density at radius 1 is 0.975 bits per heavy atom. The van der Waals surface area contributed by atoms with Crippen LogP contribution >= 0.6 is 7.82 Å². The van der Waals surface area contributed by atoms with Gasteiger partial charge in [0.15, 0.2) is 28.9 Å². The molecule has 0 spiro atoms. The minimum absolute atomic E-state index is 0.0748. The number of anilines is 1. The molecule has 19 nitrogen and oxygen atoms in total. The highest BCUT2D eigenvalue weighted by atomic mass is 31.2. The van der Waals surface area contributed by atoms with Crippen molar-refractivity contribution >= 4 is 36.0 Å². The topological polar surface area (TPSA) is 268 Å². The van der Waals surface area contributed by atoms with Crippen molar-refractivity contribution in [3.8, 4) is 0 Å². The van der Waals surface area contributed by atoms with Crippen LogP contribution in [0.3, 0.4) is 0 Å². The molecule has 6 rings (SSSR count). The van der Waals surface area contributed by atoms with Crippen molar-refractivity contribution in [3.05, 3.63) is 35.7 Å². The van der Waals surface area contributed by atoms with E-state index in [9.17, 15) is 29.6 Å². The summed E-state index contributed by atoms with van der Waals surface area (Å²) in [5.41, 5.74) is 6.20. The molecule has 0 aromatic carbocycles. The maximum atomic E-state index is 12.5. The van der Waals surface area contributed by atoms with E-state index >= 15 is 0 Å². The van der Waals surface area contributed by atoms with E-state index in [1.54, 1.807) is 0 Å². The van der Waals surface area contributed by atoms with Crippen LogP contribution in [-0.2, 0) is 23.1 Å². The van der Waals surface area contributed by atoms with Gasteiger partial charge >= 0.3 is 7.82 Å². The number of nitrogens with two attached hydrogens (primary N) is 1. The molecule has 40 heavy (non-hydrogen) atoms. The first-order chi connectivity index (χ1) is 19.1. The van der Waals surface area contributed by atoms with Crippen LogP contribution in [-0.4, -0.2) is 103 Å². The summed E-state index contributed by atoms with van der Waals surface area (Å²) in [6.45, 7) is -1.14. The van der Waals surface area contributed by atoms with Crippen molar-refractivity contribution in [2.75, 3.05) is 18.9 Å². The number of aliphatic hydroxyl groups excluding tert-OH is 3. The van der Waals surface area contributed by atoms with Gasteiger partial charge < -0.3 is 40.4 Å². The van der Waals surface area contributed by atoms with Crippen LogP contribution in [0.1, 0.15) is 18.9 Å². The molecular formula is C20H24N9O10P. The predicted octanol–water partition coefficient (Wildman–Crippen LogP) is -2.06. The number of nitrogen functional groups attached to an aromatic ring is 1. The SMILES string of the molecule is Nc1ncnc2c1ncn2C1OC(COP(=O)(O)OC[C@H]2O[C@@H](n3cnc4c(=O)[nH]cnc43)CC2O)[C@H](O)[C@@H]1O. The van der Waals surface area contributed by atoms with E-state index in [4.69, 9.17) is 24.3 Å². The highest BCUT2D eigenvalue weighted by Gasteiger charge is 2.46. The maximum absolute atomic E-state index is 12.5. The van der Waals surface area contributed by atoms with Gasteiger partial charge in [0.2, 0.25) is 0 Å². The van der Waals surface area contributed by atoms with Crippen molar-refractivity contribution in [3.63, 3.8) is 0 Å². The van der Waals surface area contributed by atoms with E-state index in [0.717, 1.165) is 0 Å². The molecule has 4 unspecified atom stereocenters. The molecule has 2 fully saturated rings. The second-order valence-corrected chi connectivity index (χ2v) is 10.6. The van der Waals surface area contributed by atoms with E-state index in [0.29, 0.717) is 0 Å². The number of H-pyrrole nitrogens is 1. The molecule has 20 heteroatoms. The summed E-state index contributed by atoms with van der Waals surface area (Å²) in [6, 6.07) is 0. The molecule has 4 aromatic rings. The summed E-state index contributed by atoms with van der Waals surface area (Å²) in [7, 11) is -4.72. The maximum Gasteiger partial charge on any atom is 0.472 e. The van der Waals surface area contributed by atoms with Gasteiger partial charge in [0.25, 0.3) is 5.56 Å². The molecule has 214 valence electrons. The lowest BCUT2D eigenvalue weighted by Gasteiger charge is -2.20. The van der Waals surface area contributed by atoms with E-state index < -0.39 is 69.6 Å². The largest absolute Gasteiger partial charge is 0.472 e. The summed E-state index contributed by atoms with van der Waals surface area (Å²) in [6.07, 6.45) is -3.03. The van der Waals surface area contributed by atoms with Crippen LogP contribution in [0.4, 0.5) is 5.82 Å². The molecule has 2 saturated heterocycles. The van der Waals surface area contributed by atoms with Crippen LogP contribution < -0.4 is 11.3 Å². The highest BCUT2D eigenvalue weighted by molar-refractivity contribution is 7.47. The molecule has 8 atom stereocenters. The molecule has 4 aromatic heterocycles. The third kappa shape index (κ3) is 4.76. The molecular weight excluding hydrogens is 557 g/mol. The monoisotopic (exact) mass is 581 g/mol. The normalized spacial score (nSPS) is 30.4. The van der Waals surface area contributed by atoms with E-state index in [-0.39, 0.29) is 34.6 Å². The van der Waals surface area contributed by atoms with Gasteiger partial charge in [-0.25, -0.2) is 29.5 Å². The summed E-state index contributed by atoms with van der Waals surface area (Å²) >= 11 is 0. The van der Waals surface area contributed by atoms with Gasteiger partial charge in [0, 0.05) is 6.42 Å². The van der Waals surface area contributed by atoms with Crippen LogP contribution in [0, 0.1) is 0 Å². The molecule has 0 amide bonds. The number of fused-ring (bicyclic) bond motifs is 2. The number of hydrogen-bond acceptors (Lipinski definition) is 15. The van der Waals surface area contributed by atoms with Gasteiger partial charge in [-0.2, -0.15) is 0 Å². The number of nitrogens with zero attached hydrogens (tertiary/aromatic N) is 7. The Hall–Kier alpha value is -3.39. The zero-order valence-electron chi connectivity index (χ0n) is 20.4. The first-order valence-corrected chi connectivity index (χ1v) is 13.4. The van der Waals surface area contributed by atoms with Crippen LogP contribution in [0.5, 0.6) is 0 Å². The molecule has 2 aliphatic rings. The summed E-state index contributed by atoms with van der Waals surface area (Å²) in [5.74, 6) is 0.114. The molecule has 0 radical (unpaired) electrons. The average molecular weight is 581 g/mol. The standard InChI is InChI=1S/C20H24N9O10P/c21-16-12-17(23-4-22-16)29(7-26-12)20-15(32)14(31)10(39-20)3-37-40(34,35)36-2-9-8(30)1-11(38-9)28-6-27-13-18(28)24-5-25-19(13)33/h4-11,14-15,20,30-32H,1-3H2,(H,34,35)(H2,21,22,23)(H,24,25,33)/t8?,9-,10?,11-,14+,15+,20?/m1/s1. The van der Waals surface area contributed by atoms with Gasteiger partial charge in [-0.05, 0) is 0 Å². The second kappa shape index (κ2) is 10.2. The fourth-order valence-corrected chi connectivity index (χ4v) is 5.38. The second-order valence-electron chi connectivity index (χ2n) is 9.18. The number of hydrogen-bond donors (Lipinski definition) is 6. The summed E-state index contributed by atoms with van der Waals surface area (Å²) in [5, 5.41) is 31.4. The van der Waals surface area contributed by atoms with Crippen molar-refractivity contribution in [2.24, 2.45) is 0 Å². The molecule has 6 heterocycles. The lowest BCUT2D eigenvalue weighted by Crippen LogP contribution is -2.33. The third-order valence-electron chi connectivity index (χ3n) is 6.68. The zero-order chi connectivity index (χ0) is 28.2. The number of imidazole rings is 2. The third-order valence-corrected chi connectivity index (χ3v) is 7.63. The van der Waals surface area contributed by atoms with Crippen LogP contribution in [0.15, 0.2) is 30.1 Å². The average Bonchev–Trinajstić information content (AvgIpc) is 3.69. The van der Waals surface area contributed by atoms with Gasteiger partial charge in [-0.1, -0.05) is 0 Å². The first-order valence-electron chi connectivity index (χ1n) is 11.9. The van der Waals surface area contributed by atoms with Gasteiger partial charge in [-0.15, -0.1) is 0 Å². The molecule has 7 N–H and O–H groups in total. The quantitative estimate of drug-likeness (QED) is 0.122. The number of phosphoric acid groups is 1. The zero-order valence-corrected chi connectivity index (χ0v) is 21.3. The fraction of sp³-hybridized carbons (Fsp3) is 0.500. The molecule has 0 bridgehead atoms. The predicted molar refractivity (Wildman–Crippen MR) is 130 cm³/mol. The Kier molecular flexibility index (Phi) is 6.85. The highest BCUT2D eigenvalue weighted by Crippen LogP contribution is 2.45. The lowest BCUT2D eigenvalue weighted by molar-refractivity contribution is -0.0589. The lowest BCUT2D eigenvalue weighted by atomic mass is 10.1. The number of phosphoric ester groups is 1. The number of ether oxygens (including phenoxy) is 2. The summed E-state index contributed by atoms with van der Waals surface area (Å²) in [4.78, 5) is 44.5. The minimum Gasteiger partial charge on any atom is -0.390 e. The van der Waals surface area contributed by atoms with Crippen LogP contribution in [0.25, 0.3) is 22.3 Å². The molecule has 2 aliphatic heterocycles. The van der Waals surface area contributed by atoms with Gasteiger partial charge in [0.05, 0.1) is 38.3 Å². The number of aromatic nitrogens is 8. The number of aromatic amines is 1. The number of nitrogens with one attached hydrogen (secondary N) is 1. The Morgan fingerprint density at radius 2 is 1.68 bits per heavy atom. The summed E-state index contributed by atoms with van der Waals surface area (Å²) < 4.78 is 36.8. The van der Waals surface area contributed by atoms with Crippen molar-refractivity contribution in [1.29, 1.82) is 0 Å². The van der Waals surface area contributed by atoms with E-state index in [2.05, 4.69) is 29.9 Å². The Bertz CT molecular complexity index is 1640. The first kappa shape index (κ1) is 26.8. The van der Waals surface area contributed by atoms with Crippen molar-refractivity contribution < 1.29 is 43.3 Å². The molecule has 0 saturated carbocycles. The smallest absolute Gasteiger partial charge is 0.390 e. The van der Waals surface area contributed by atoms with E-state index in [1.807, 2.05) is 0 Å². The number of rotatable bonds is 8. The molecule has 0 aliphatic carbocycles. The minimum atomic E-state index is -4.72. The van der Waals surface area contributed by atoms with E-state index in [1.165, 1.54) is 34.4 Å². The Morgan fingerprint density at radius 3 is 2.48 bits per heavy atom. The van der Waals surface area contributed by atoms with Crippen molar-refractivity contribution in [2.45, 2.75) is 49.4 Å². The van der Waals surface area contributed by atoms with Crippen LogP contribution in [0.2, 0.25) is 0 Å². The van der Waals surface area contributed by atoms with Gasteiger partial charge in [0.1, 0.15) is 42.5 Å². The number of aliphatic hydroxyl groups is 3. The van der Waals surface area contributed by atoms with Crippen molar-refractivity contribution in [1.82, 2.24) is 39.0 Å².